The van der Waals surface area contributed by atoms with Gasteiger partial charge in [-0.2, -0.15) is 0 Å². The van der Waals surface area contributed by atoms with Gasteiger partial charge in [-0.3, -0.25) is 14.9 Å². The van der Waals surface area contributed by atoms with Crippen molar-refractivity contribution < 1.29 is 14.5 Å². The Balaban J connectivity index is 2.20. The van der Waals surface area contributed by atoms with Crippen LogP contribution in [0.15, 0.2) is 18.2 Å². The van der Waals surface area contributed by atoms with Crippen LogP contribution in [-0.2, 0) is 4.74 Å². The number of carbonyl (C=O) groups excluding carboxylic acids is 1. The molecule has 1 saturated heterocycles. The molecule has 7 heteroatoms. The SMILES string of the molecule is COC1CCN(C(=O)c2ccc([N+](=O)[O-])c(C)c2)C(CN)C1. The highest BCUT2D eigenvalue weighted by Gasteiger charge is 2.31. The molecular weight excluding hydrogens is 286 g/mol. The van der Waals surface area contributed by atoms with Crippen LogP contribution < -0.4 is 5.73 Å². The van der Waals surface area contributed by atoms with E-state index < -0.39 is 4.92 Å². The number of likely N-dealkylation sites (tertiary alicyclic amines) is 1. The number of nitro groups is 1. The molecular formula is C15H21N3O4. The van der Waals surface area contributed by atoms with Gasteiger partial charge in [-0.25, -0.2) is 0 Å². The van der Waals surface area contributed by atoms with Crippen molar-refractivity contribution in [1.82, 2.24) is 4.90 Å². The van der Waals surface area contributed by atoms with Crippen molar-refractivity contribution in [2.75, 3.05) is 20.2 Å². The number of nitrogens with two attached hydrogens (primary N) is 1. The zero-order valence-corrected chi connectivity index (χ0v) is 12.8. The molecule has 1 aromatic rings. The van der Waals surface area contributed by atoms with Gasteiger partial charge in [0.05, 0.1) is 11.0 Å². The second-order valence-corrected chi connectivity index (χ2v) is 5.53. The number of methoxy groups -OCH3 is 1. The number of ether oxygens (including phenoxy) is 1. The minimum Gasteiger partial charge on any atom is -0.381 e. The van der Waals surface area contributed by atoms with Crippen LogP contribution in [0.2, 0.25) is 0 Å². The third-order valence-electron chi connectivity index (χ3n) is 4.17. The number of piperidine rings is 1. The average Bonchev–Trinajstić information content (AvgIpc) is 2.53. The summed E-state index contributed by atoms with van der Waals surface area (Å²) in [6.07, 6.45) is 1.60. The van der Waals surface area contributed by atoms with Crippen molar-refractivity contribution in [3.05, 3.63) is 39.4 Å². The summed E-state index contributed by atoms with van der Waals surface area (Å²) >= 11 is 0. The molecule has 1 aliphatic heterocycles. The van der Waals surface area contributed by atoms with E-state index in [9.17, 15) is 14.9 Å². The zero-order chi connectivity index (χ0) is 16.3. The summed E-state index contributed by atoms with van der Waals surface area (Å²) in [4.78, 5) is 24.8. The number of hydrogen-bond donors (Lipinski definition) is 1. The Morgan fingerprint density at radius 2 is 2.27 bits per heavy atom. The first-order valence-electron chi connectivity index (χ1n) is 7.26. The Morgan fingerprint density at radius 3 is 2.82 bits per heavy atom. The molecule has 22 heavy (non-hydrogen) atoms. The Labute approximate surface area is 129 Å². The number of hydrogen-bond acceptors (Lipinski definition) is 5. The van der Waals surface area contributed by atoms with E-state index in [4.69, 9.17) is 10.5 Å². The lowest BCUT2D eigenvalue weighted by Crippen LogP contribution is -2.51. The first kappa shape index (κ1) is 16.4. The second kappa shape index (κ2) is 6.85. The molecule has 0 bridgehead atoms. The number of rotatable bonds is 4. The van der Waals surface area contributed by atoms with E-state index in [1.54, 1.807) is 25.0 Å². The predicted molar refractivity (Wildman–Crippen MR) is 81.7 cm³/mol. The third-order valence-corrected chi connectivity index (χ3v) is 4.17. The Hall–Kier alpha value is -1.99. The van der Waals surface area contributed by atoms with Gasteiger partial charge in [-0.15, -0.1) is 0 Å². The monoisotopic (exact) mass is 307 g/mol. The van der Waals surface area contributed by atoms with Crippen LogP contribution in [0, 0.1) is 17.0 Å². The molecule has 1 aliphatic rings. The number of amides is 1. The Bertz CT molecular complexity index is 576. The smallest absolute Gasteiger partial charge is 0.272 e. The van der Waals surface area contributed by atoms with Crippen LogP contribution in [0.4, 0.5) is 5.69 Å². The van der Waals surface area contributed by atoms with Gasteiger partial charge in [0.2, 0.25) is 0 Å². The fourth-order valence-corrected chi connectivity index (χ4v) is 2.88. The van der Waals surface area contributed by atoms with Crippen LogP contribution in [0.3, 0.4) is 0 Å². The number of nitrogens with zero attached hydrogens (tertiary/aromatic N) is 2. The van der Waals surface area contributed by atoms with Crippen LogP contribution in [0.5, 0.6) is 0 Å². The lowest BCUT2D eigenvalue weighted by molar-refractivity contribution is -0.385. The van der Waals surface area contributed by atoms with E-state index in [-0.39, 0.29) is 23.7 Å². The van der Waals surface area contributed by atoms with Crippen molar-refractivity contribution in [1.29, 1.82) is 0 Å². The van der Waals surface area contributed by atoms with E-state index in [1.807, 2.05) is 0 Å². The fraction of sp³-hybridized carbons (Fsp3) is 0.533. The molecule has 0 saturated carbocycles. The molecule has 1 amide bonds. The molecule has 1 aromatic carbocycles. The maximum Gasteiger partial charge on any atom is 0.272 e. The van der Waals surface area contributed by atoms with Crippen molar-refractivity contribution in [3.8, 4) is 0 Å². The quantitative estimate of drug-likeness (QED) is 0.671. The summed E-state index contributed by atoms with van der Waals surface area (Å²) in [5.74, 6) is -0.136. The number of benzene rings is 1. The highest BCUT2D eigenvalue weighted by Crippen LogP contribution is 2.24. The van der Waals surface area contributed by atoms with Crippen molar-refractivity contribution >= 4 is 11.6 Å². The first-order valence-corrected chi connectivity index (χ1v) is 7.26. The molecule has 7 nitrogen and oxygen atoms in total. The van der Waals surface area contributed by atoms with Gasteiger partial charge in [0, 0.05) is 43.4 Å². The largest absolute Gasteiger partial charge is 0.381 e. The Morgan fingerprint density at radius 1 is 1.55 bits per heavy atom. The number of aryl methyl sites for hydroxylation is 1. The van der Waals surface area contributed by atoms with E-state index in [1.165, 1.54) is 12.1 Å². The van der Waals surface area contributed by atoms with Gasteiger partial charge >= 0.3 is 0 Å². The van der Waals surface area contributed by atoms with E-state index in [0.29, 0.717) is 30.6 Å². The van der Waals surface area contributed by atoms with Crippen LogP contribution >= 0.6 is 0 Å². The lowest BCUT2D eigenvalue weighted by atomic mass is 9.97. The maximum atomic E-state index is 12.7. The van der Waals surface area contributed by atoms with Crippen LogP contribution in [0.25, 0.3) is 0 Å². The summed E-state index contributed by atoms with van der Waals surface area (Å²) in [6, 6.07) is 4.38. The topological polar surface area (TPSA) is 98.7 Å². The van der Waals surface area contributed by atoms with Gasteiger partial charge in [0.15, 0.2) is 0 Å². The molecule has 2 unspecified atom stereocenters. The average molecular weight is 307 g/mol. The number of carbonyl (C=O) groups is 1. The van der Waals surface area contributed by atoms with Gasteiger partial charge in [-0.1, -0.05) is 0 Å². The molecule has 0 aliphatic carbocycles. The minimum absolute atomic E-state index is 0.0185. The summed E-state index contributed by atoms with van der Waals surface area (Å²) < 4.78 is 5.35. The minimum atomic E-state index is -0.448. The molecule has 0 spiro atoms. The summed E-state index contributed by atoms with van der Waals surface area (Å²) in [5, 5.41) is 10.9. The van der Waals surface area contributed by atoms with Gasteiger partial charge in [0.25, 0.3) is 11.6 Å². The molecule has 2 atom stereocenters. The lowest BCUT2D eigenvalue weighted by Gasteiger charge is -2.38. The molecule has 1 fully saturated rings. The van der Waals surface area contributed by atoms with Crippen molar-refractivity contribution in [2.24, 2.45) is 5.73 Å². The summed E-state index contributed by atoms with van der Waals surface area (Å²) in [6.45, 7) is 2.58. The predicted octanol–water partition coefficient (Wildman–Crippen LogP) is 1.48. The molecule has 120 valence electrons. The summed E-state index contributed by atoms with van der Waals surface area (Å²) in [7, 11) is 1.66. The van der Waals surface area contributed by atoms with Crippen LogP contribution in [0.1, 0.15) is 28.8 Å². The van der Waals surface area contributed by atoms with Gasteiger partial charge < -0.3 is 15.4 Å². The number of nitro benzene ring substituents is 1. The van der Waals surface area contributed by atoms with Gasteiger partial charge in [0.1, 0.15) is 0 Å². The van der Waals surface area contributed by atoms with Crippen molar-refractivity contribution in [2.45, 2.75) is 31.9 Å². The Kier molecular flexibility index (Phi) is 5.10. The highest BCUT2D eigenvalue weighted by atomic mass is 16.6. The second-order valence-electron chi connectivity index (χ2n) is 5.53. The molecule has 0 aromatic heterocycles. The van der Waals surface area contributed by atoms with E-state index in [2.05, 4.69) is 0 Å². The first-order chi connectivity index (χ1) is 10.5. The van der Waals surface area contributed by atoms with Crippen molar-refractivity contribution in [3.63, 3.8) is 0 Å². The zero-order valence-electron chi connectivity index (χ0n) is 12.8. The fourth-order valence-electron chi connectivity index (χ4n) is 2.88. The molecule has 0 radical (unpaired) electrons. The van der Waals surface area contributed by atoms with Gasteiger partial charge in [-0.05, 0) is 31.9 Å². The summed E-state index contributed by atoms with van der Waals surface area (Å²) in [5.41, 5.74) is 6.73. The molecule has 2 N–H and O–H groups in total. The highest BCUT2D eigenvalue weighted by molar-refractivity contribution is 5.95. The molecule has 1 heterocycles. The normalized spacial score (nSPS) is 21.7. The van der Waals surface area contributed by atoms with Crippen LogP contribution in [-0.4, -0.2) is 48.1 Å². The van der Waals surface area contributed by atoms with E-state index >= 15 is 0 Å². The third kappa shape index (κ3) is 3.26. The maximum absolute atomic E-state index is 12.7. The molecule has 2 rings (SSSR count). The van der Waals surface area contributed by atoms with E-state index in [0.717, 1.165) is 6.42 Å². The standard InChI is InChI=1S/C15H21N3O4/c1-10-7-11(3-4-14(10)18(20)21)15(19)17-6-5-13(22-2)8-12(17)9-16/h3-4,7,12-13H,5-6,8-9,16H2,1-2H3.